The molecule has 0 heterocycles. The minimum Gasteiger partial charge on any atom is -0.489 e. The Morgan fingerprint density at radius 1 is 1.22 bits per heavy atom. The number of fused-ring (bicyclic) bond motifs is 1. The predicted molar refractivity (Wildman–Crippen MR) is 73.4 cm³/mol. The van der Waals surface area contributed by atoms with Gasteiger partial charge in [-0.25, -0.2) is 0 Å². The number of nitrogens with zero attached hydrogens (tertiary/aromatic N) is 1. The van der Waals surface area contributed by atoms with E-state index in [2.05, 4.69) is 24.3 Å². The van der Waals surface area contributed by atoms with Gasteiger partial charge in [0.05, 0.1) is 12.5 Å². The molecule has 0 aromatic heterocycles. The zero-order chi connectivity index (χ0) is 12.8. The topological polar surface area (TPSA) is 33.0 Å². The largest absolute Gasteiger partial charge is 0.489 e. The van der Waals surface area contributed by atoms with Gasteiger partial charge in [0, 0.05) is 5.39 Å². The molecule has 0 atom stereocenters. The first-order chi connectivity index (χ1) is 8.81. The Balaban J connectivity index is 2.13. The quantitative estimate of drug-likeness (QED) is 0.751. The van der Waals surface area contributed by atoms with Gasteiger partial charge < -0.3 is 4.74 Å². The van der Waals surface area contributed by atoms with Gasteiger partial charge in [0.1, 0.15) is 12.4 Å². The number of allylic oxidation sites excluding steroid dienone is 1. The number of ether oxygens (including phenoxy) is 1. The lowest BCUT2D eigenvalue weighted by atomic mass is 10.1. The summed E-state index contributed by atoms with van der Waals surface area (Å²) in [5, 5.41) is 10.9. The molecule has 2 rings (SSSR count). The molecule has 0 radical (unpaired) electrons. The Labute approximate surface area is 107 Å². The van der Waals surface area contributed by atoms with Crippen LogP contribution in [0.25, 0.3) is 10.8 Å². The number of benzene rings is 2. The molecule has 0 spiro atoms. The average molecular weight is 237 g/mol. The molecule has 2 nitrogen and oxygen atoms in total. The van der Waals surface area contributed by atoms with Crippen molar-refractivity contribution in [2.75, 3.05) is 6.61 Å². The van der Waals surface area contributed by atoms with Gasteiger partial charge in [0.15, 0.2) is 0 Å². The van der Waals surface area contributed by atoms with Crippen molar-refractivity contribution < 1.29 is 4.74 Å². The number of rotatable bonds is 4. The summed E-state index contributed by atoms with van der Waals surface area (Å²) in [5.74, 6) is 0.883. The lowest BCUT2D eigenvalue weighted by Crippen LogP contribution is -1.95. The van der Waals surface area contributed by atoms with E-state index < -0.39 is 0 Å². The van der Waals surface area contributed by atoms with E-state index in [-0.39, 0.29) is 0 Å². The van der Waals surface area contributed by atoms with E-state index in [1.165, 1.54) is 5.39 Å². The third-order valence-corrected chi connectivity index (χ3v) is 2.78. The zero-order valence-corrected chi connectivity index (χ0v) is 10.4. The molecular formula is C16H15NO. The van der Waals surface area contributed by atoms with Crippen LogP contribution in [0.5, 0.6) is 5.75 Å². The highest BCUT2D eigenvalue weighted by molar-refractivity contribution is 5.88. The molecule has 0 saturated carbocycles. The van der Waals surface area contributed by atoms with Gasteiger partial charge in [-0.05, 0) is 24.5 Å². The highest BCUT2D eigenvalue weighted by Crippen LogP contribution is 2.25. The van der Waals surface area contributed by atoms with Crippen molar-refractivity contribution in [1.82, 2.24) is 0 Å². The molecule has 2 aromatic carbocycles. The molecule has 0 aliphatic carbocycles. The number of hydrogen-bond acceptors (Lipinski definition) is 2. The minimum absolute atomic E-state index is 0.457. The van der Waals surface area contributed by atoms with Crippen molar-refractivity contribution in [2.24, 2.45) is 0 Å². The third-order valence-electron chi connectivity index (χ3n) is 2.78. The second-order valence-electron chi connectivity index (χ2n) is 4.17. The molecule has 0 aliphatic heterocycles. The molecule has 2 heteroatoms. The van der Waals surface area contributed by atoms with Crippen LogP contribution in [0, 0.1) is 11.3 Å². The normalized spacial score (nSPS) is 11.2. The summed E-state index contributed by atoms with van der Waals surface area (Å²) >= 11 is 0. The highest BCUT2D eigenvalue weighted by atomic mass is 16.5. The van der Waals surface area contributed by atoms with Crippen LogP contribution in [0.3, 0.4) is 0 Å². The molecule has 0 N–H and O–H groups in total. The van der Waals surface area contributed by atoms with Crippen molar-refractivity contribution in [3.63, 3.8) is 0 Å². The smallest absolute Gasteiger partial charge is 0.127 e. The second-order valence-corrected chi connectivity index (χ2v) is 4.17. The lowest BCUT2D eigenvalue weighted by molar-refractivity contribution is 0.366. The first kappa shape index (κ1) is 12.2. The Bertz CT molecular complexity index is 603. The first-order valence-corrected chi connectivity index (χ1v) is 5.94. The van der Waals surface area contributed by atoms with Gasteiger partial charge in [0.25, 0.3) is 0 Å². The van der Waals surface area contributed by atoms with Gasteiger partial charge in [-0.15, -0.1) is 0 Å². The van der Waals surface area contributed by atoms with Crippen LogP contribution in [0.4, 0.5) is 0 Å². The first-order valence-electron chi connectivity index (χ1n) is 5.94. The summed E-state index contributed by atoms with van der Waals surface area (Å²) < 4.78 is 5.75. The highest BCUT2D eigenvalue weighted by Gasteiger charge is 1.99. The Morgan fingerprint density at radius 2 is 2.00 bits per heavy atom. The summed E-state index contributed by atoms with van der Waals surface area (Å²) in [6, 6.07) is 16.3. The van der Waals surface area contributed by atoms with Gasteiger partial charge >= 0.3 is 0 Å². The summed E-state index contributed by atoms with van der Waals surface area (Å²) in [6.07, 6.45) is 2.41. The molecule has 18 heavy (non-hydrogen) atoms. The Morgan fingerprint density at radius 3 is 2.83 bits per heavy atom. The van der Waals surface area contributed by atoms with Crippen LogP contribution in [-0.2, 0) is 0 Å². The zero-order valence-electron chi connectivity index (χ0n) is 10.4. The van der Waals surface area contributed by atoms with Crippen molar-refractivity contribution in [2.45, 2.75) is 13.3 Å². The molecule has 0 amide bonds. The summed E-state index contributed by atoms with van der Waals surface area (Å²) in [4.78, 5) is 0. The molecule has 0 bridgehead atoms. The fraction of sp³-hybridized carbons (Fsp3) is 0.188. The van der Waals surface area contributed by atoms with E-state index in [1.807, 2.05) is 37.3 Å². The van der Waals surface area contributed by atoms with Crippen LogP contribution in [-0.4, -0.2) is 6.61 Å². The number of hydrogen-bond donors (Lipinski definition) is 0. The maximum Gasteiger partial charge on any atom is 0.127 e. The standard InChI is InChI=1S/C16H15NO/c1-13(9-11-17)10-12-18-16-8-4-6-14-5-2-3-7-15(14)16/h2-8,10H,9,12H2,1H3. The van der Waals surface area contributed by atoms with Crippen LogP contribution in [0.15, 0.2) is 54.1 Å². The molecule has 90 valence electrons. The Kier molecular flexibility index (Phi) is 3.98. The summed E-state index contributed by atoms with van der Waals surface area (Å²) in [6.45, 7) is 2.44. The van der Waals surface area contributed by atoms with E-state index in [1.54, 1.807) is 0 Å². The van der Waals surface area contributed by atoms with E-state index >= 15 is 0 Å². The average Bonchev–Trinajstić information content (AvgIpc) is 2.39. The molecule has 0 saturated heterocycles. The van der Waals surface area contributed by atoms with Crippen molar-refractivity contribution in [1.29, 1.82) is 5.26 Å². The van der Waals surface area contributed by atoms with Gasteiger partial charge in [-0.1, -0.05) is 42.0 Å². The van der Waals surface area contributed by atoms with Gasteiger partial charge in [-0.3, -0.25) is 0 Å². The molecular weight excluding hydrogens is 222 g/mol. The van der Waals surface area contributed by atoms with Crippen molar-refractivity contribution >= 4 is 10.8 Å². The van der Waals surface area contributed by atoms with Crippen LogP contribution < -0.4 is 4.74 Å². The second kappa shape index (κ2) is 5.88. The van der Waals surface area contributed by atoms with Crippen LogP contribution in [0.1, 0.15) is 13.3 Å². The van der Waals surface area contributed by atoms with Gasteiger partial charge in [0.2, 0.25) is 0 Å². The van der Waals surface area contributed by atoms with Crippen LogP contribution in [0.2, 0.25) is 0 Å². The van der Waals surface area contributed by atoms with E-state index in [0.29, 0.717) is 13.0 Å². The lowest BCUT2D eigenvalue weighted by Gasteiger charge is -2.07. The summed E-state index contributed by atoms with van der Waals surface area (Å²) in [7, 11) is 0. The fourth-order valence-electron chi connectivity index (χ4n) is 1.79. The number of nitriles is 1. The van der Waals surface area contributed by atoms with E-state index in [4.69, 9.17) is 10.00 Å². The molecule has 2 aromatic rings. The van der Waals surface area contributed by atoms with Crippen LogP contribution >= 0.6 is 0 Å². The third kappa shape index (κ3) is 2.89. The predicted octanol–water partition coefficient (Wildman–Crippen LogP) is 4.08. The molecule has 0 aliphatic rings. The molecule has 0 fully saturated rings. The fourth-order valence-corrected chi connectivity index (χ4v) is 1.79. The van der Waals surface area contributed by atoms with Gasteiger partial charge in [-0.2, -0.15) is 5.26 Å². The van der Waals surface area contributed by atoms with Crippen molar-refractivity contribution in [3.05, 3.63) is 54.1 Å². The SMILES string of the molecule is CC(=CCOc1cccc2ccccc12)CC#N. The maximum atomic E-state index is 8.56. The van der Waals surface area contributed by atoms with Crippen molar-refractivity contribution in [3.8, 4) is 11.8 Å². The maximum absolute atomic E-state index is 8.56. The van der Waals surface area contributed by atoms with E-state index in [0.717, 1.165) is 16.7 Å². The van der Waals surface area contributed by atoms with E-state index in [9.17, 15) is 0 Å². The molecule has 0 unspecified atom stereocenters. The minimum atomic E-state index is 0.457. The summed E-state index contributed by atoms with van der Waals surface area (Å²) in [5.41, 5.74) is 1.04. The Hall–Kier alpha value is -2.27. The monoisotopic (exact) mass is 237 g/mol.